The number of carbonyl (C=O) groups is 1. The van der Waals surface area contributed by atoms with E-state index in [1.54, 1.807) is 11.0 Å². The lowest BCUT2D eigenvalue weighted by atomic mass is 10.2. The number of rotatable bonds is 5. The second-order valence-electron chi connectivity index (χ2n) is 5.90. The van der Waals surface area contributed by atoms with Crippen LogP contribution in [0.25, 0.3) is 0 Å². The molecule has 6 nitrogen and oxygen atoms in total. The van der Waals surface area contributed by atoms with Crippen molar-refractivity contribution < 1.29 is 17.9 Å². The molecule has 0 spiro atoms. The van der Waals surface area contributed by atoms with Gasteiger partial charge in [0, 0.05) is 26.2 Å². The Balaban J connectivity index is 1.55. The Hall–Kier alpha value is -1.61. The molecule has 1 aromatic heterocycles. The number of sulfonamides is 1. The minimum absolute atomic E-state index is 0.0574. The number of aryl methyl sites for hydroxylation is 1. The van der Waals surface area contributed by atoms with Crippen molar-refractivity contribution in [2.24, 2.45) is 0 Å². The molecule has 1 aliphatic heterocycles. The maximum absolute atomic E-state index is 12.6. The summed E-state index contributed by atoms with van der Waals surface area (Å²) in [5.74, 6) is 0.529. The molecule has 1 aliphatic rings. The zero-order chi connectivity index (χ0) is 18.7. The number of amides is 1. The third-order valence-corrected chi connectivity index (χ3v) is 7.78. The van der Waals surface area contributed by atoms with Gasteiger partial charge >= 0.3 is 0 Å². The predicted molar refractivity (Wildman–Crippen MR) is 101 cm³/mol. The Bertz CT molecular complexity index is 890. The van der Waals surface area contributed by atoms with Crippen LogP contribution in [0.4, 0.5) is 0 Å². The molecule has 0 unspecified atom stereocenters. The number of ether oxygens (including phenoxy) is 1. The van der Waals surface area contributed by atoms with Crippen LogP contribution in [-0.2, 0) is 14.8 Å². The highest BCUT2D eigenvalue weighted by molar-refractivity contribution is 7.91. The average Bonchev–Trinajstić information content (AvgIpc) is 3.08. The molecule has 0 bridgehead atoms. The second kappa shape index (κ2) is 7.96. The van der Waals surface area contributed by atoms with E-state index in [9.17, 15) is 13.2 Å². The molecule has 3 rings (SSSR count). The predicted octanol–water partition coefficient (Wildman–Crippen LogP) is 2.62. The lowest BCUT2D eigenvalue weighted by Gasteiger charge is -2.33. The molecule has 0 N–H and O–H groups in total. The van der Waals surface area contributed by atoms with E-state index in [0.29, 0.717) is 23.2 Å². The number of thiophene rings is 1. The van der Waals surface area contributed by atoms with Crippen LogP contribution in [0.2, 0.25) is 4.34 Å². The summed E-state index contributed by atoms with van der Waals surface area (Å²) >= 11 is 6.87. The smallest absolute Gasteiger partial charge is 0.260 e. The summed E-state index contributed by atoms with van der Waals surface area (Å²) in [6.45, 7) is 3.06. The van der Waals surface area contributed by atoms with E-state index in [-0.39, 0.29) is 29.8 Å². The molecule has 1 saturated heterocycles. The first-order valence-corrected chi connectivity index (χ1v) is 10.7. The lowest BCUT2D eigenvalue weighted by Crippen LogP contribution is -2.51. The molecule has 0 saturated carbocycles. The van der Waals surface area contributed by atoms with Gasteiger partial charge in [-0.05, 0) is 30.7 Å². The SMILES string of the molecule is Cc1ccccc1OCC(=O)N1CCN(S(=O)(=O)c2ccc(Cl)s2)CC1. The Morgan fingerprint density at radius 2 is 1.85 bits per heavy atom. The molecule has 1 aromatic carbocycles. The minimum atomic E-state index is -3.55. The fourth-order valence-corrected chi connectivity index (χ4v) is 5.75. The summed E-state index contributed by atoms with van der Waals surface area (Å²) in [5.41, 5.74) is 0.964. The number of hydrogen-bond donors (Lipinski definition) is 0. The van der Waals surface area contributed by atoms with Crippen LogP contribution in [0.1, 0.15) is 5.56 Å². The summed E-state index contributed by atoms with van der Waals surface area (Å²) in [5, 5.41) is 0. The standard InChI is InChI=1S/C17H19ClN2O4S2/c1-13-4-2-3-5-14(13)24-12-16(21)19-8-10-20(11-9-19)26(22,23)17-7-6-15(18)25-17/h2-7H,8-12H2,1H3. The third kappa shape index (κ3) is 4.20. The van der Waals surface area contributed by atoms with E-state index in [4.69, 9.17) is 16.3 Å². The first-order chi connectivity index (χ1) is 12.4. The Kier molecular flexibility index (Phi) is 5.86. The Labute approximate surface area is 162 Å². The largest absolute Gasteiger partial charge is 0.484 e. The number of benzene rings is 1. The van der Waals surface area contributed by atoms with Gasteiger partial charge in [-0.3, -0.25) is 4.79 Å². The molecule has 2 heterocycles. The molecule has 1 fully saturated rings. The van der Waals surface area contributed by atoms with Crippen molar-refractivity contribution in [3.05, 3.63) is 46.3 Å². The van der Waals surface area contributed by atoms with Crippen LogP contribution in [0.5, 0.6) is 5.75 Å². The quantitative estimate of drug-likeness (QED) is 0.754. The number of halogens is 1. The van der Waals surface area contributed by atoms with Crippen molar-refractivity contribution in [3.8, 4) is 5.75 Å². The topological polar surface area (TPSA) is 66.9 Å². The van der Waals surface area contributed by atoms with Crippen molar-refractivity contribution in [2.75, 3.05) is 32.8 Å². The van der Waals surface area contributed by atoms with Gasteiger partial charge < -0.3 is 9.64 Å². The lowest BCUT2D eigenvalue weighted by molar-refractivity contribution is -0.134. The highest BCUT2D eigenvalue weighted by atomic mass is 35.5. The van der Waals surface area contributed by atoms with Crippen LogP contribution >= 0.6 is 22.9 Å². The fourth-order valence-electron chi connectivity index (χ4n) is 2.69. The first kappa shape index (κ1) is 19.2. The van der Waals surface area contributed by atoms with Gasteiger partial charge in [0.1, 0.15) is 9.96 Å². The molecule has 140 valence electrons. The molecular formula is C17H19ClN2O4S2. The van der Waals surface area contributed by atoms with E-state index in [1.165, 1.54) is 10.4 Å². The maximum atomic E-state index is 12.6. The third-order valence-electron chi connectivity index (χ3n) is 4.18. The highest BCUT2D eigenvalue weighted by Crippen LogP contribution is 2.28. The zero-order valence-electron chi connectivity index (χ0n) is 14.2. The number of para-hydroxylation sites is 1. The fraction of sp³-hybridized carbons (Fsp3) is 0.353. The number of carbonyl (C=O) groups excluding carboxylic acids is 1. The van der Waals surface area contributed by atoms with Crippen LogP contribution in [0.3, 0.4) is 0 Å². The number of hydrogen-bond acceptors (Lipinski definition) is 5. The molecule has 0 radical (unpaired) electrons. The summed E-state index contributed by atoms with van der Waals surface area (Å²) in [4.78, 5) is 14.0. The van der Waals surface area contributed by atoms with Crippen molar-refractivity contribution in [1.29, 1.82) is 0 Å². The van der Waals surface area contributed by atoms with Crippen LogP contribution < -0.4 is 4.74 Å². The van der Waals surface area contributed by atoms with Crippen LogP contribution in [-0.4, -0.2) is 56.3 Å². The summed E-state index contributed by atoms with van der Waals surface area (Å²) < 4.78 is 32.8. The summed E-state index contributed by atoms with van der Waals surface area (Å²) in [6, 6.07) is 10.6. The van der Waals surface area contributed by atoms with E-state index in [1.807, 2.05) is 31.2 Å². The van der Waals surface area contributed by atoms with Gasteiger partial charge in [-0.2, -0.15) is 4.31 Å². The Morgan fingerprint density at radius 1 is 1.15 bits per heavy atom. The maximum Gasteiger partial charge on any atom is 0.260 e. The van der Waals surface area contributed by atoms with Crippen molar-refractivity contribution in [1.82, 2.24) is 9.21 Å². The Morgan fingerprint density at radius 3 is 2.46 bits per heavy atom. The molecular weight excluding hydrogens is 396 g/mol. The van der Waals surface area contributed by atoms with Crippen molar-refractivity contribution >= 4 is 38.9 Å². The monoisotopic (exact) mass is 414 g/mol. The van der Waals surface area contributed by atoms with Gasteiger partial charge in [0.2, 0.25) is 0 Å². The summed E-state index contributed by atoms with van der Waals surface area (Å²) in [7, 11) is -3.55. The normalized spacial score (nSPS) is 15.8. The van der Waals surface area contributed by atoms with Gasteiger partial charge in [-0.15, -0.1) is 11.3 Å². The summed E-state index contributed by atoms with van der Waals surface area (Å²) in [6.07, 6.45) is 0. The van der Waals surface area contributed by atoms with Crippen molar-refractivity contribution in [3.63, 3.8) is 0 Å². The second-order valence-corrected chi connectivity index (χ2v) is 9.78. The molecule has 9 heteroatoms. The van der Waals surface area contributed by atoms with E-state index in [2.05, 4.69) is 0 Å². The molecule has 1 amide bonds. The van der Waals surface area contributed by atoms with Gasteiger partial charge in [-0.1, -0.05) is 29.8 Å². The van der Waals surface area contributed by atoms with Crippen LogP contribution in [0.15, 0.2) is 40.6 Å². The van der Waals surface area contributed by atoms with E-state index >= 15 is 0 Å². The number of nitrogens with zero attached hydrogens (tertiary/aromatic N) is 2. The zero-order valence-corrected chi connectivity index (χ0v) is 16.6. The van der Waals surface area contributed by atoms with Gasteiger partial charge in [0.15, 0.2) is 6.61 Å². The average molecular weight is 415 g/mol. The first-order valence-electron chi connectivity index (χ1n) is 8.09. The highest BCUT2D eigenvalue weighted by Gasteiger charge is 2.31. The van der Waals surface area contributed by atoms with E-state index in [0.717, 1.165) is 16.9 Å². The van der Waals surface area contributed by atoms with Gasteiger partial charge in [0.05, 0.1) is 4.34 Å². The number of piperazine rings is 1. The van der Waals surface area contributed by atoms with Crippen molar-refractivity contribution in [2.45, 2.75) is 11.1 Å². The van der Waals surface area contributed by atoms with Gasteiger partial charge in [0.25, 0.3) is 15.9 Å². The van der Waals surface area contributed by atoms with Crippen LogP contribution in [0, 0.1) is 6.92 Å². The molecule has 0 aliphatic carbocycles. The van der Waals surface area contributed by atoms with E-state index < -0.39 is 10.0 Å². The molecule has 0 atom stereocenters. The minimum Gasteiger partial charge on any atom is -0.484 e. The molecule has 26 heavy (non-hydrogen) atoms. The van der Waals surface area contributed by atoms with Gasteiger partial charge in [-0.25, -0.2) is 8.42 Å². The molecule has 2 aromatic rings.